The molecule has 26 heavy (non-hydrogen) atoms. The van der Waals surface area contributed by atoms with Crippen molar-refractivity contribution in [3.8, 4) is 11.3 Å². The van der Waals surface area contributed by atoms with Crippen LogP contribution in [0, 0.1) is 0 Å². The lowest BCUT2D eigenvalue weighted by Crippen LogP contribution is -2.28. The Labute approximate surface area is 152 Å². The number of carbonyl (C=O) groups excluding carboxylic acids is 1. The number of carbonyl (C=O) groups is 1. The first-order chi connectivity index (χ1) is 12.6. The molecule has 132 valence electrons. The Bertz CT molecular complexity index is 964. The minimum atomic E-state index is -0.421. The van der Waals surface area contributed by atoms with Crippen molar-refractivity contribution in [1.82, 2.24) is 9.78 Å². The number of nitrogens with zero attached hydrogens (tertiary/aromatic N) is 2. The molecule has 0 saturated carbocycles. The van der Waals surface area contributed by atoms with E-state index in [1.165, 1.54) is 4.68 Å². The van der Waals surface area contributed by atoms with Crippen LogP contribution in [0.5, 0.6) is 0 Å². The highest BCUT2D eigenvalue weighted by atomic mass is 16.1. The molecule has 0 aliphatic rings. The predicted molar refractivity (Wildman–Crippen MR) is 103 cm³/mol. The van der Waals surface area contributed by atoms with Crippen LogP contribution >= 0.6 is 0 Å². The molecule has 5 heteroatoms. The summed E-state index contributed by atoms with van der Waals surface area (Å²) in [5.41, 5.74) is 8.14. The average Bonchev–Trinajstić information content (AvgIpc) is 2.69. The number of Topliss-reactive ketones (excluding diaryl/α,β-unsaturated/α-hetero) is 1. The number of nitrogens with two attached hydrogens (primary N) is 1. The summed E-state index contributed by atoms with van der Waals surface area (Å²) in [7, 11) is 0. The van der Waals surface area contributed by atoms with Gasteiger partial charge < -0.3 is 5.73 Å². The zero-order valence-corrected chi connectivity index (χ0v) is 14.7. The van der Waals surface area contributed by atoms with Crippen LogP contribution in [-0.2, 0) is 13.0 Å². The highest BCUT2D eigenvalue weighted by Gasteiger charge is 2.22. The van der Waals surface area contributed by atoms with Gasteiger partial charge in [-0.1, -0.05) is 60.7 Å². The Morgan fingerprint density at radius 2 is 1.65 bits per heavy atom. The van der Waals surface area contributed by atoms with Crippen LogP contribution in [-0.4, -0.2) is 15.6 Å². The van der Waals surface area contributed by atoms with E-state index in [0.717, 1.165) is 11.1 Å². The van der Waals surface area contributed by atoms with Crippen molar-refractivity contribution < 1.29 is 4.79 Å². The molecule has 0 bridgehead atoms. The summed E-state index contributed by atoms with van der Waals surface area (Å²) in [4.78, 5) is 25.3. The molecule has 5 nitrogen and oxygen atoms in total. The second kappa shape index (κ2) is 7.78. The molecular formula is C21H21N3O2. The van der Waals surface area contributed by atoms with Crippen molar-refractivity contribution in [3.63, 3.8) is 0 Å². The van der Waals surface area contributed by atoms with Crippen molar-refractivity contribution >= 4 is 11.5 Å². The molecule has 0 atom stereocenters. The Balaban J connectivity index is 2.03. The minimum absolute atomic E-state index is 0.0289. The molecule has 3 rings (SSSR count). The van der Waals surface area contributed by atoms with Crippen LogP contribution in [0.4, 0.5) is 5.69 Å². The van der Waals surface area contributed by atoms with Crippen LogP contribution in [0.3, 0.4) is 0 Å². The fraction of sp³-hybridized carbons (Fsp3) is 0.190. The quantitative estimate of drug-likeness (QED) is 0.694. The molecule has 0 unspecified atom stereocenters. The van der Waals surface area contributed by atoms with Gasteiger partial charge in [0.15, 0.2) is 5.78 Å². The number of hydrogen-bond acceptors (Lipinski definition) is 4. The first-order valence-corrected chi connectivity index (χ1v) is 8.65. The van der Waals surface area contributed by atoms with Gasteiger partial charge in [-0.2, -0.15) is 5.10 Å². The van der Waals surface area contributed by atoms with Crippen molar-refractivity contribution in [1.29, 1.82) is 0 Å². The van der Waals surface area contributed by atoms with Crippen LogP contribution in [0.2, 0.25) is 0 Å². The van der Waals surface area contributed by atoms with E-state index in [-0.39, 0.29) is 23.5 Å². The second-order valence-electron chi connectivity index (χ2n) is 6.03. The third-order valence-corrected chi connectivity index (χ3v) is 4.30. The lowest BCUT2D eigenvalue weighted by atomic mass is 9.97. The van der Waals surface area contributed by atoms with Crippen LogP contribution in [0.25, 0.3) is 11.3 Å². The minimum Gasteiger partial charge on any atom is -0.394 e. The molecule has 1 aromatic heterocycles. The number of benzene rings is 2. The largest absolute Gasteiger partial charge is 0.394 e. The molecule has 2 aromatic carbocycles. The van der Waals surface area contributed by atoms with E-state index >= 15 is 0 Å². The molecule has 0 spiro atoms. The van der Waals surface area contributed by atoms with Crippen molar-refractivity contribution in [2.45, 2.75) is 26.3 Å². The van der Waals surface area contributed by atoms with Gasteiger partial charge in [-0.15, -0.1) is 0 Å². The molecule has 0 aliphatic heterocycles. The summed E-state index contributed by atoms with van der Waals surface area (Å²) in [5, 5.41) is 4.40. The fourth-order valence-electron chi connectivity index (χ4n) is 2.91. The van der Waals surface area contributed by atoms with Gasteiger partial charge in [0.2, 0.25) is 0 Å². The van der Waals surface area contributed by atoms with Crippen molar-refractivity contribution in [2.75, 3.05) is 5.73 Å². The molecule has 0 aliphatic carbocycles. The average molecular weight is 347 g/mol. The van der Waals surface area contributed by atoms with Crippen molar-refractivity contribution in [3.05, 3.63) is 82.1 Å². The Morgan fingerprint density at radius 1 is 1.04 bits per heavy atom. The van der Waals surface area contributed by atoms with Crippen LogP contribution in [0.1, 0.15) is 29.3 Å². The van der Waals surface area contributed by atoms with Gasteiger partial charge in [0, 0.05) is 18.5 Å². The number of aryl methyl sites for hydroxylation is 2. The van der Waals surface area contributed by atoms with Crippen molar-refractivity contribution in [2.24, 2.45) is 0 Å². The number of ketones is 1. The molecule has 0 fully saturated rings. The molecule has 2 N–H and O–H groups in total. The summed E-state index contributed by atoms with van der Waals surface area (Å²) in [6.07, 6.45) is 0.857. The lowest BCUT2D eigenvalue weighted by Gasteiger charge is -2.13. The van der Waals surface area contributed by atoms with Gasteiger partial charge in [-0.05, 0) is 18.9 Å². The molecular weight excluding hydrogens is 326 g/mol. The van der Waals surface area contributed by atoms with E-state index in [4.69, 9.17) is 5.73 Å². The number of hydrogen-bond donors (Lipinski definition) is 1. The van der Waals surface area contributed by atoms with E-state index in [1.54, 1.807) is 0 Å². The van der Waals surface area contributed by atoms with Gasteiger partial charge in [0.25, 0.3) is 5.56 Å². The maximum atomic E-state index is 12.9. The molecule has 3 aromatic rings. The first kappa shape index (κ1) is 17.6. The summed E-state index contributed by atoms with van der Waals surface area (Å²) >= 11 is 0. The number of nitrogen functional groups attached to an aromatic ring is 1. The van der Waals surface area contributed by atoms with Gasteiger partial charge in [-0.25, -0.2) is 4.68 Å². The van der Waals surface area contributed by atoms with Gasteiger partial charge in [-0.3, -0.25) is 9.59 Å². The number of aromatic nitrogens is 2. The third-order valence-electron chi connectivity index (χ3n) is 4.30. The zero-order valence-electron chi connectivity index (χ0n) is 14.7. The third kappa shape index (κ3) is 3.57. The normalized spacial score (nSPS) is 10.7. The van der Waals surface area contributed by atoms with Gasteiger partial charge >= 0.3 is 0 Å². The standard InChI is InChI=1S/C21H21N3O2/c1-2-24-21(26)19(22)18(20(23-24)16-11-7-4-8-12-16)17(25)14-13-15-9-5-3-6-10-15/h3-12H,2,13-14,22H2,1H3. The van der Waals surface area contributed by atoms with E-state index in [1.807, 2.05) is 67.6 Å². The zero-order chi connectivity index (χ0) is 18.5. The Morgan fingerprint density at radius 3 is 2.27 bits per heavy atom. The number of rotatable bonds is 6. The monoisotopic (exact) mass is 347 g/mol. The van der Waals surface area contributed by atoms with E-state index in [2.05, 4.69) is 5.10 Å². The maximum Gasteiger partial charge on any atom is 0.290 e. The molecule has 0 amide bonds. The van der Waals surface area contributed by atoms with Gasteiger partial charge in [0.1, 0.15) is 11.4 Å². The summed E-state index contributed by atoms with van der Waals surface area (Å²) in [6, 6.07) is 19.1. The second-order valence-corrected chi connectivity index (χ2v) is 6.03. The first-order valence-electron chi connectivity index (χ1n) is 8.65. The lowest BCUT2D eigenvalue weighted by molar-refractivity contribution is 0.0983. The summed E-state index contributed by atoms with van der Waals surface area (Å²) in [5.74, 6) is -0.168. The highest BCUT2D eigenvalue weighted by Crippen LogP contribution is 2.25. The molecule has 1 heterocycles. The van der Waals surface area contributed by atoms with Crippen LogP contribution < -0.4 is 11.3 Å². The summed E-state index contributed by atoms with van der Waals surface area (Å²) in [6.45, 7) is 2.21. The van der Waals surface area contributed by atoms with Gasteiger partial charge in [0.05, 0.1) is 5.56 Å². The Hall–Kier alpha value is -3.21. The number of anilines is 1. The SMILES string of the molecule is CCn1nc(-c2ccccc2)c(C(=O)CCc2ccccc2)c(N)c1=O. The smallest absolute Gasteiger partial charge is 0.290 e. The predicted octanol–water partition coefficient (Wildman–Crippen LogP) is 3.33. The topological polar surface area (TPSA) is 78.0 Å². The maximum absolute atomic E-state index is 12.9. The highest BCUT2D eigenvalue weighted by molar-refractivity contribution is 6.05. The van der Waals surface area contributed by atoms with E-state index in [0.29, 0.717) is 18.7 Å². The molecule has 0 saturated heterocycles. The van der Waals surface area contributed by atoms with E-state index < -0.39 is 5.56 Å². The fourth-order valence-corrected chi connectivity index (χ4v) is 2.91. The summed E-state index contributed by atoms with van der Waals surface area (Å²) < 4.78 is 1.30. The molecule has 0 radical (unpaired) electrons. The van der Waals surface area contributed by atoms with E-state index in [9.17, 15) is 9.59 Å². The Kier molecular flexibility index (Phi) is 5.27. The van der Waals surface area contributed by atoms with Crippen LogP contribution in [0.15, 0.2) is 65.5 Å².